The van der Waals surface area contributed by atoms with E-state index in [9.17, 15) is 14.3 Å². The maximum Gasteiger partial charge on any atom is 0.271 e. The first-order valence-corrected chi connectivity index (χ1v) is 8.84. The van der Waals surface area contributed by atoms with E-state index in [2.05, 4.69) is 25.6 Å². The topological polar surface area (TPSA) is 115 Å². The van der Waals surface area contributed by atoms with Crippen LogP contribution in [-0.4, -0.2) is 48.1 Å². The van der Waals surface area contributed by atoms with E-state index in [4.69, 9.17) is 4.74 Å². The zero-order chi connectivity index (χ0) is 21.0. The molecule has 0 fully saturated rings. The maximum atomic E-state index is 13.2. The molecule has 0 aliphatic rings. The molecular weight excluding hydrogens is 379 g/mol. The Balaban J connectivity index is 1.69. The molecule has 0 spiro atoms. The summed E-state index contributed by atoms with van der Waals surface area (Å²) in [6, 6.07) is 5.86. The molecule has 0 unspecified atom stereocenters. The van der Waals surface area contributed by atoms with Gasteiger partial charge in [0.15, 0.2) is 0 Å². The number of hydrogen-bond donors (Lipinski definition) is 2. The third-order valence-corrected chi connectivity index (χ3v) is 4.09. The van der Waals surface area contributed by atoms with Gasteiger partial charge in [0, 0.05) is 0 Å². The van der Waals surface area contributed by atoms with E-state index in [-0.39, 0.29) is 30.6 Å². The second kappa shape index (κ2) is 8.31. The number of hydrogen-bond acceptors (Lipinski definition) is 7. The van der Waals surface area contributed by atoms with Crippen LogP contribution in [0.25, 0.3) is 5.69 Å². The molecule has 0 radical (unpaired) electrons. The minimum atomic E-state index is -0.767. The maximum absolute atomic E-state index is 13.2. The number of carbonyl (C=O) groups excluding carboxylic acids is 1. The standard InChI is InChI=1S/C19H21FN6O3/c1-12-16(26(25-24-12)14-6-4-13(20)5-7-14)10-29-17-9-21-15(8-22-17)18(28)23-19(2,3)11-27/h4-9,27H,10-11H2,1-3H3,(H,23,28). The summed E-state index contributed by atoms with van der Waals surface area (Å²) >= 11 is 0. The number of ether oxygens (including phenoxy) is 1. The number of nitrogens with zero attached hydrogens (tertiary/aromatic N) is 5. The number of halogens is 1. The van der Waals surface area contributed by atoms with Crippen molar-refractivity contribution < 1.29 is 19.0 Å². The normalized spacial score (nSPS) is 11.3. The molecule has 29 heavy (non-hydrogen) atoms. The van der Waals surface area contributed by atoms with Crippen LogP contribution in [0, 0.1) is 12.7 Å². The molecule has 9 nitrogen and oxygen atoms in total. The highest BCUT2D eigenvalue weighted by molar-refractivity contribution is 5.92. The lowest BCUT2D eigenvalue weighted by molar-refractivity contribution is 0.0863. The third kappa shape index (κ3) is 4.91. The predicted octanol–water partition coefficient (Wildman–Crippen LogP) is 1.58. The van der Waals surface area contributed by atoms with Crippen LogP contribution in [0.3, 0.4) is 0 Å². The Labute approximate surface area is 166 Å². The van der Waals surface area contributed by atoms with Crippen molar-refractivity contribution in [3.05, 3.63) is 59.6 Å². The zero-order valence-electron chi connectivity index (χ0n) is 16.3. The Morgan fingerprint density at radius 2 is 1.97 bits per heavy atom. The summed E-state index contributed by atoms with van der Waals surface area (Å²) in [5.41, 5.74) is 1.31. The van der Waals surface area contributed by atoms with Gasteiger partial charge in [0.25, 0.3) is 5.91 Å². The van der Waals surface area contributed by atoms with Crippen LogP contribution in [0.1, 0.15) is 35.7 Å². The van der Waals surface area contributed by atoms with E-state index in [1.807, 2.05) is 0 Å². The van der Waals surface area contributed by atoms with Crippen molar-refractivity contribution in [2.45, 2.75) is 32.9 Å². The summed E-state index contributed by atoms with van der Waals surface area (Å²) in [5.74, 6) is -0.572. The molecule has 0 saturated heterocycles. The molecule has 2 heterocycles. The highest BCUT2D eigenvalue weighted by Crippen LogP contribution is 2.16. The first-order chi connectivity index (χ1) is 13.8. The lowest BCUT2D eigenvalue weighted by Gasteiger charge is -2.22. The first kappa shape index (κ1) is 20.3. The molecule has 3 aromatic rings. The molecule has 0 saturated carbocycles. The minimum Gasteiger partial charge on any atom is -0.470 e. The number of aromatic nitrogens is 5. The van der Waals surface area contributed by atoms with Gasteiger partial charge in [-0.25, -0.2) is 19.0 Å². The Bertz CT molecular complexity index is 986. The predicted molar refractivity (Wildman–Crippen MR) is 101 cm³/mol. The number of benzene rings is 1. The summed E-state index contributed by atoms with van der Waals surface area (Å²) in [5, 5.41) is 20.0. The Hall–Kier alpha value is -3.40. The van der Waals surface area contributed by atoms with E-state index in [0.29, 0.717) is 17.1 Å². The van der Waals surface area contributed by atoms with Crippen molar-refractivity contribution >= 4 is 5.91 Å². The summed E-state index contributed by atoms with van der Waals surface area (Å²) in [6.45, 7) is 5.07. The number of aliphatic hydroxyl groups excluding tert-OH is 1. The van der Waals surface area contributed by atoms with Crippen LogP contribution < -0.4 is 10.1 Å². The molecule has 0 atom stereocenters. The van der Waals surface area contributed by atoms with Gasteiger partial charge in [0.2, 0.25) is 5.88 Å². The van der Waals surface area contributed by atoms with Crippen LogP contribution in [-0.2, 0) is 6.61 Å². The zero-order valence-corrected chi connectivity index (χ0v) is 16.3. The van der Waals surface area contributed by atoms with Crippen molar-refractivity contribution in [1.82, 2.24) is 30.3 Å². The quantitative estimate of drug-likeness (QED) is 0.619. The molecule has 2 N–H and O–H groups in total. The fourth-order valence-electron chi connectivity index (χ4n) is 2.39. The number of aliphatic hydroxyl groups is 1. The number of amides is 1. The van der Waals surface area contributed by atoms with Crippen LogP contribution in [0.5, 0.6) is 5.88 Å². The SMILES string of the molecule is Cc1nnn(-c2ccc(F)cc2)c1COc1cnc(C(=O)NC(C)(C)CO)cn1. The average Bonchev–Trinajstić information content (AvgIpc) is 3.07. The van der Waals surface area contributed by atoms with Gasteiger partial charge in [-0.15, -0.1) is 5.10 Å². The highest BCUT2D eigenvalue weighted by atomic mass is 19.1. The molecule has 152 valence electrons. The van der Waals surface area contributed by atoms with E-state index < -0.39 is 11.4 Å². The summed E-state index contributed by atoms with van der Waals surface area (Å²) in [7, 11) is 0. The third-order valence-electron chi connectivity index (χ3n) is 4.09. The Morgan fingerprint density at radius 3 is 2.59 bits per heavy atom. The number of nitrogens with one attached hydrogen (secondary N) is 1. The van der Waals surface area contributed by atoms with Crippen LogP contribution in [0.4, 0.5) is 4.39 Å². The first-order valence-electron chi connectivity index (χ1n) is 8.84. The van der Waals surface area contributed by atoms with E-state index in [0.717, 1.165) is 0 Å². The second-order valence-electron chi connectivity index (χ2n) is 7.03. The fraction of sp³-hybridized carbons (Fsp3) is 0.316. The number of rotatable bonds is 7. The largest absolute Gasteiger partial charge is 0.470 e. The van der Waals surface area contributed by atoms with Gasteiger partial charge in [-0.2, -0.15) is 0 Å². The van der Waals surface area contributed by atoms with Gasteiger partial charge >= 0.3 is 0 Å². The van der Waals surface area contributed by atoms with E-state index >= 15 is 0 Å². The van der Waals surface area contributed by atoms with E-state index in [1.165, 1.54) is 24.5 Å². The van der Waals surface area contributed by atoms with Crippen LogP contribution in [0.2, 0.25) is 0 Å². The van der Waals surface area contributed by atoms with Gasteiger partial charge < -0.3 is 15.2 Å². The number of aryl methyl sites for hydroxylation is 1. The van der Waals surface area contributed by atoms with Gasteiger partial charge in [-0.05, 0) is 45.0 Å². The molecule has 0 bridgehead atoms. The molecule has 0 aliphatic carbocycles. The lowest BCUT2D eigenvalue weighted by Crippen LogP contribution is -2.46. The fourth-order valence-corrected chi connectivity index (χ4v) is 2.39. The average molecular weight is 400 g/mol. The molecule has 1 aromatic carbocycles. The van der Waals surface area contributed by atoms with Crippen molar-refractivity contribution in [3.8, 4) is 11.6 Å². The lowest BCUT2D eigenvalue weighted by atomic mass is 10.1. The van der Waals surface area contributed by atoms with Gasteiger partial charge in [0.1, 0.15) is 23.8 Å². The van der Waals surface area contributed by atoms with Crippen LogP contribution >= 0.6 is 0 Å². The Morgan fingerprint density at radius 1 is 1.24 bits per heavy atom. The monoisotopic (exact) mass is 400 g/mol. The molecule has 10 heteroatoms. The highest BCUT2D eigenvalue weighted by Gasteiger charge is 2.21. The summed E-state index contributed by atoms with van der Waals surface area (Å²) in [6.07, 6.45) is 2.63. The summed E-state index contributed by atoms with van der Waals surface area (Å²) < 4.78 is 20.4. The molecule has 0 aliphatic heterocycles. The second-order valence-corrected chi connectivity index (χ2v) is 7.03. The summed E-state index contributed by atoms with van der Waals surface area (Å²) in [4.78, 5) is 20.3. The van der Waals surface area contributed by atoms with Gasteiger partial charge in [-0.3, -0.25) is 4.79 Å². The van der Waals surface area contributed by atoms with Crippen molar-refractivity contribution in [3.63, 3.8) is 0 Å². The smallest absolute Gasteiger partial charge is 0.271 e. The van der Waals surface area contributed by atoms with Crippen molar-refractivity contribution in [1.29, 1.82) is 0 Å². The van der Waals surface area contributed by atoms with E-state index in [1.54, 1.807) is 37.6 Å². The number of carbonyl (C=O) groups is 1. The Kier molecular flexibility index (Phi) is 5.83. The van der Waals surface area contributed by atoms with Gasteiger partial charge in [-0.1, -0.05) is 5.21 Å². The molecule has 1 amide bonds. The van der Waals surface area contributed by atoms with Gasteiger partial charge in [0.05, 0.1) is 35.9 Å². The molecule has 2 aromatic heterocycles. The van der Waals surface area contributed by atoms with Crippen LogP contribution in [0.15, 0.2) is 36.7 Å². The molecular formula is C19H21FN6O3. The minimum absolute atomic E-state index is 0.105. The molecule has 3 rings (SSSR count). The van der Waals surface area contributed by atoms with Crippen molar-refractivity contribution in [2.75, 3.05) is 6.61 Å². The van der Waals surface area contributed by atoms with Crippen molar-refractivity contribution in [2.24, 2.45) is 0 Å².